The molecule has 0 spiro atoms. The van der Waals surface area contributed by atoms with Crippen LogP contribution >= 0.6 is 0 Å². The molecule has 0 atom stereocenters. The van der Waals surface area contributed by atoms with Gasteiger partial charge in [0.15, 0.2) is 0 Å². The van der Waals surface area contributed by atoms with Gasteiger partial charge in [0.1, 0.15) is 5.82 Å². The standard InChI is InChI=1S/C16H11FN2O2/c17-12-6-8-13(9-7-12)19-15(20)14-10-18-16(21-14)11-4-2-1-3-5-11/h1-10H,(H,19,20). The monoisotopic (exact) mass is 282 g/mol. The summed E-state index contributed by atoms with van der Waals surface area (Å²) in [6.45, 7) is 0. The lowest BCUT2D eigenvalue weighted by Gasteiger charge is -2.02. The van der Waals surface area contributed by atoms with E-state index < -0.39 is 5.91 Å². The fourth-order valence-corrected chi connectivity index (χ4v) is 1.82. The van der Waals surface area contributed by atoms with Crippen molar-refractivity contribution in [2.45, 2.75) is 0 Å². The number of halogens is 1. The Morgan fingerprint density at radius 1 is 1.05 bits per heavy atom. The number of hydrogen-bond acceptors (Lipinski definition) is 3. The number of nitrogens with one attached hydrogen (secondary N) is 1. The molecule has 0 radical (unpaired) electrons. The third-order valence-corrected chi connectivity index (χ3v) is 2.85. The number of carbonyl (C=O) groups excluding carboxylic acids is 1. The highest BCUT2D eigenvalue weighted by atomic mass is 19.1. The number of rotatable bonds is 3. The van der Waals surface area contributed by atoms with Crippen molar-refractivity contribution >= 4 is 11.6 Å². The molecule has 0 unspecified atom stereocenters. The summed E-state index contributed by atoms with van der Waals surface area (Å²) in [6.07, 6.45) is 1.36. The molecule has 0 aliphatic carbocycles. The summed E-state index contributed by atoms with van der Waals surface area (Å²) in [7, 11) is 0. The van der Waals surface area contributed by atoms with Crippen LogP contribution in [0.2, 0.25) is 0 Å². The summed E-state index contributed by atoms with van der Waals surface area (Å²) in [5.41, 5.74) is 1.28. The number of hydrogen-bond donors (Lipinski definition) is 1. The topological polar surface area (TPSA) is 55.1 Å². The van der Waals surface area contributed by atoms with E-state index in [0.717, 1.165) is 5.56 Å². The van der Waals surface area contributed by atoms with Gasteiger partial charge in [0, 0.05) is 11.3 Å². The van der Waals surface area contributed by atoms with Crippen LogP contribution in [-0.2, 0) is 0 Å². The van der Waals surface area contributed by atoms with Crippen LogP contribution in [0, 0.1) is 5.82 Å². The minimum atomic E-state index is -0.434. The molecule has 1 N–H and O–H groups in total. The first kappa shape index (κ1) is 13.1. The minimum absolute atomic E-state index is 0.0955. The van der Waals surface area contributed by atoms with E-state index in [4.69, 9.17) is 4.42 Å². The Bertz CT molecular complexity index is 751. The van der Waals surface area contributed by atoms with Crippen molar-refractivity contribution in [1.29, 1.82) is 0 Å². The normalized spacial score (nSPS) is 10.3. The Morgan fingerprint density at radius 3 is 2.48 bits per heavy atom. The van der Waals surface area contributed by atoms with Gasteiger partial charge in [-0.05, 0) is 36.4 Å². The van der Waals surface area contributed by atoms with Gasteiger partial charge in [-0.15, -0.1) is 0 Å². The average Bonchev–Trinajstić information content (AvgIpc) is 3.00. The number of carbonyl (C=O) groups is 1. The summed E-state index contributed by atoms with van der Waals surface area (Å²) in [4.78, 5) is 16.1. The molecule has 3 rings (SSSR count). The van der Waals surface area contributed by atoms with E-state index in [2.05, 4.69) is 10.3 Å². The lowest BCUT2D eigenvalue weighted by molar-refractivity contribution is 0.0997. The first-order valence-electron chi connectivity index (χ1n) is 6.30. The number of oxazole rings is 1. The molecular weight excluding hydrogens is 271 g/mol. The number of anilines is 1. The Kier molecular flexibility index (Phi) is 3.47. The molecule has 104 valence electrons. The first-order valence-corrected chi connectivity index (χ1v) is 6.30. The van der Waals surface area contributed by atoms with E-state index in [1.54, 1.807) is 0 Å². The van der Waals surface area contributed by atoms with Crippen LogP contribution in [-0.4, -0.2) is 10.9 Å². The highest BCUT2D eigenvalue weighted by molar-refractivity contribution is 6.02. The molecule has 1 heterocycles. The molecule has 0 saturated carbocycles. The molecule has 5 heteroatoms. The van der Waals surface area contributed by atoms with E-state index in [9.17, 15) is 9.18 Å². The van der Waals surface area contributed by atoms with E-state index in [-0.39, 0.29) is 11.6 Å². The van der Waals surface area contributed by atoms with Crippen LogP contribution in [0.15, 0.2) is 65.2 Å². The summed E-state index contributed by atoms with van der Waals surface area (Å²) >= 11 is 0. The average molecular weight is 282 g/mol. The Morgan fingerprint density at radius 2 is 1.76 bits per heavy atom. The molecule has 2 aromatic carbocycles. The van der Waals surface area contributed by atoms with Gasteiger partial charge in [-0.2, -0.15) is 0 Å². The van der Waals surface area contributed by atoms with Gasteiger partial charge in [-0.3, -0.25) is 4.79 Å². The smallest absolute Gasteiger partial charge is 0.293 e. The highest BCUT2D eigenvalue weighted by Crippen LogP contribution is 2.19. The zero-order valence-electron chi connectivity index (χ0n) is 10.9. The third kappa shape index (κ3) is 2.97. The lowest BCUT2D eigenvalue weighted by Crippen LogP contribution is -2.10. The van der Waals surface area contributed by atoms with Crippen LogP contribution in [0.3, 0.4) is 0 Å². The fourth-order valence-electron chi connectivity index (χ4n) is 1.82. The molecule has 0 aliphatic rings. The van der Waals surface area contributed by atoms with Gasteiger partial charge in [0.25, 0.3) is 5.91 Å². The number of amides is 1. The van der Waals surface area contributed by atoms with Crippen molar-refractivity contribution in [1.82, 2.24) is 4.98 Å². The van der Waals surface area contributed by atoms with E-state index in [1.165, 1.54) is 30.5 Å². The second kappa shape index (κ2) is 5.58. The summed E-state index contributed by atoms with van der Waals surface area (Å²) < 4.78 is 18.2. The zero-order valence-corrected chi connectivity index (χ0v) is 10.9. The quantitative estimate of drug-likeness (QED) is 0.796. The number of aromatic nitrogens is 1. The predicted molar refractivity (Wildman–Crippen MR) is 76.3 cm³/mol. The van der Waals surface area contributed by atoms with Gasteiger partial charge in [0.2, 0.25) is 11.7 Å². The summed E-state index contributed by atoms with van der Waals surface area (Å²) in [6, 6.07) is 14.8. The van der Waals surface area contributed by atoms with Crippen molar-refractivity contribution < 1.29 is 13.6 Å². The van der Waals surface area contributed by atoms with Crippen LogP contribution in [0.25, 0.3) is 11.5 Å². The molecule has 4 nitrogen and oxygen atoms in total. The van der Waals surface area contributed by atoms with Gasteiger partial charge in [0.05, 0.1) is 6.20 Å². The third-order valence-electron chi connectivity index (χ3n) is 2.85. The maximum Gasteiger partial charge on any atom is 0.293 e. The van der Waals surface area contributed by atoms with E-state index >= 15 is 0 Å². The Hall–Kier alpha value is -2.95. The molecule has 0 fully saturated rings. The Balaban J connectivity index is 1.77. The second-order valence-electron chi connectivity index (χ2n) is 4.36. The van der Waals surface area contributed by atoms with Crippen LogP contribution in [0.1, 0.15) is 10.6 Å². The van der Waals surface area contributed by atoms with Crippen molar-refractivity contribution in [3.63, 3.8) is 0 Å². The van der Waals surface area contributed by atoms with Crippen molar-refractivity contribution in [2.24, 2.45) is 0 Å². The summed E-state index contributed by atoms with van der Waals surface area (Å²) in [5, 5.41) is 2.61. The predicted octanol–water partition coefficient (Wildman–Crippen LogP) is 3.73. The molecule has 1 aromatic heterocycles. The highest BCUT2D eigenvalue weighted by Gasteiger charge is 2.13. The molecule has 1 amide bonds. The van der Waals surface area contributed by atoms with Gasteiger partial charge >= 0.3 is 0 Å². The molecule has 0 aliphatic heterocycles. The van der Waals surface area contributed by atoms with Gasteiger partial charge in [-0.25, -0.2) is 9.37 Å². The zero-order chi connectivity index (χ0) is 14.7. The van der Waals surface area contributed by atoms with Crippen molar-refractivity contribution in [3.8, 4) is 11.5 Å². The molecule has 3 aromatic rings. The fraction of sp³-hybridized carbons (Fsp3) is 0. The van der Waals surface area contributed by atoms with Crippen molar-refractivity contribution in [3.05, 3.63) is 72.4 Å². The first-order chi connectivity index (χ1) is 10.2. The maximum atomic E-state index is 12.8. The molecule has 0 bridgehead atoms. The van der Waals surface area contributed by atoms with Crippen LogP contribution in [0.5, 0.6) is 0 Å². The Labute approximate surface area is 120 Å². The van der Waals surface area contributed by atoms with Crippen molar-refractivity contribution in [2.75, 3.05) is 5.32 Å². The van der Waals surface area contributed by atoms with E-state index in [0.29, 0.717) is 11.6 Å². The van der Waals surface area contributed by atoms with Crippen LogP contribution < -0.4 is 5.32 Å². The van der Waals surface area contributed by atoms with Crippen LogP contribution in [0.4, 0.5) is 10.1 Å². The molecule has 21 heavy (non-hydrogen) atoms. The van der Waals surface area contributed by atoms with E-state index in [1.807, 2.05) is 30.3 Å². The van der Waals surface area contributed by atoms with Gasteiger partial charge < -0.3 is 9.73 Å². The SMILES string of the molecule is O=C(Nc1ccc(F)cc1)c1cnc(-c2ccccc2)o1. The lowest BCUT2D eigenvalue weighted by atomic mass is 10.2. The molecular formula is C16H11FN2O2. The largest absolute Gasteiger partial charge is 0.431 e. The molecule has 0 saturated heterocycles. The minimum Gasteiger partial charge on any atom is -0.431 e. The number of benzene rings is 2. The number of nitrogens with zero attached hydrogens (tertiary/aromatic N) is 1. The summed E-state index contributed by atoms with van der Waals surface area (Å²) in [5.74, 6) is -0.326. The maximum absolute atomic E-state index is 12.8. The second-order valence-corrected chi connectivity index (χ2v) is 4.36. The van der Waals surface area contributed by atoms with Gasteiger partial charge in [-0.1, -0.05) is 18.2 Å².